The maximum absolute atomic E-state index is 13.2. The second-order valence-electron chi connectivity index (χ2n) is 7.89. The molecule has 3 rings (SSSR count). The Bertz CT molecular complexity index is 1070. The van der Waals surface area contributed by atoms with Crippen molar-refractivity contribution in [2.24, 2.45) is 5.92 Å². The molecular weight excluding hydrogens is 436 g/mol. The summed E-state index contributed by atoms with van der Waals surface area (Å²) < 4.78 is 33.2. The Balaban J connectivity index is 1.78. The van der Waals surface area contributed by atoms with Gasteiger partial charge in [-0.25, -0.2) is 8.42 Å². The number of hydrogen-bond donors (Lipinski definition) is 0. The van der Waals surface area contributed by atoms with E-state index in [9.17, 15) is 13.2 Å². The molecular formula is C23H29ClN2O4S. The number of sulfonamides is 1. The number of aryl methyl sites for hydroxylation is 2. The maximum Gasteiger partial charge on any atom is 0.243 e. The van der Waals surface area contributed by atoms with Crippen LogP contribution < -0.4 is 9.64 Å². The molecule has 8 heteroatoms. The minimum Gasteiger partial charge on any atom is -0.492 e. The summed E-state index contributed by atoms with van der Waals surface area (Å²) in [7, 11) is -2.02. The van der Waals surface area contributed by atoms with Crippen LogP contribution >= 0.6 is 11.6 Å². The van der Waals surface area contributed by atoms with Gasteiger partial charge in [-0.05, 0) is 75.1 Å². The van der Waals surface area contributed by atoms with Crippen LogP contribution in [-0.2, 0) is 14.8 Å². The Morgan fingerprint density at radius 3 is 2.58 bits per heavy atom. The number of rotatable bonds is 6. The van der Waals surface area contributed by atoms with Crippen molar-refractivity contribution in [1.82, 2.24) is 4.31 Å². The average Bonchev–Trinajstić information content (AvgIpc) is 2.76. The lowest BCUT2D eigenvalue weighted by Gasteiger charge is -2.33. The molecule has 1 amide bonds. The zero-order valence-corrected chi connectivity index (χ0v) is 20.0. The molecule has 2 aromatic rings. The molecule has 1 unspecified atom stereocenters. The van der Waals surface area contributed by atoms with Gasteiger partial charge in [-0.2, -0.15) is 4.31 Å². The van der Waals surface area contributed by atoms with E-state index >= 15 is 0 Å². The molecule has 6 nitrogen and oxygen atoms in total. The highest BCUT2D eigenvalue weighted by molar-refractivity contribution is 7.89. The van der Waals surface area contributed by atoms with Crippen LogP contribution in [0.4, 0.5) is 5.69 Å². The van der Waals surface area contributed by atoms with Gasteiger partial charge < -0.3 is 9.64 Å². The zero-order valence-electron chi connectivity index (χ0n) is 18.4. The van der Waals surface area contributed by atoms with Crippen LogP contribution in [0.5, 0.6) is 5.75 Å². The Morgan fingerprint density at radius 2 is 1.94 bits per heavy atom. The second kappa shape index (κ2) is 9.59. The van der Waals surface area contributed by atoms with Crippen LogP contribution in [0.1, 0.15) is 30.9 Å². The quantitative estimate of drug-likeness (QED) is 0.634. The van der Waals surface area contributed by atoms with Gasteiger partial charge in [0.25, 0.3) is 0 Å². The van der Waals surface area contributed by atoms with Crippen molar-refractivity contribution in [1.29, 1.82) is 0 Å². The highest BCUT2D eigenvalue weighted by Crippen LogP contribution is 2.31. The van der Waals surface area contributed by atoms with E-state index in [1.54, 1.807) is 18.0 Å². The number of nitrogens with zero attached hydrogens (tertiary/aromatic N) is 2. The third-order valence-corrected chi connectivity index (χ3v) is 7.94. The molecule has 0 bridgehead atoms. The van der Waals surface area contributed by atoms with Gasteiger partial charge in [0.1, 0.15) is 5.75 Å². The summed E-state index contributed by atoms with van der Waals surface area (Å²) in [4.78, 5) is 14.9. The fourth-order valence-corrected chi connectivity index (χ4v) is 5.61. The van der Waals surface area contributed by atoms with Crippen LogP contribution in [-0.4, -0.2) is 45.4 Å². The number of benzene rings is 2. The van der Waals surface area contributed by atoms with Gasteiger partial charge in [0.05, 0.1) is 22.4 Å². The van der Waals surface area contributed by atoms with Crippen LogP contribution in [0.2, 0.25) is 5.02 Å². The third kappa shape index (κ3) is 5.05. The molecule has 0 spiro atoms. The molecule has 2 aromatic carbocycles. The van der Waals surface area contributed by atoms with E-state index in [4.69, 9.17) is 16.3 Å². The van der Waals surface area contributed by atoms with Gasteiger partial charge in [-0.3, -0.25) is 4.79 Å². The minimum absolute atomic E-state index is 0.0760. The number of amides is 1. The highest BCUT2D eigenvalue weighted by Gasteiger charge is 2.35. The molecule has 1 aliphatic heterocycles. The Hall–Kier alpha value is -2.09. The summed E-state index contributed by atoms with van der Waals surface area (Å²) in [6, 6.07) is 10.4. The molecule has 0 saturated carbocycles. The smallest absolute Gasteiger partial charge is 0.243 e. The van der Waals surface area contributed by atoms with E-state index in [0.29, 0.717) is 31.7 Å². The number of halogens is 1. The van der Waals surface area contributed by atoms with Gasteiger partial charge in [0, 0.05) is 25.8 Å². The van der Waals surface area contributed by atoms with E-state index in [0.717, 1.165) is 16.8 Å². The van der Waals surface area contributed by atoms with Crippen LogP contribution in [0, 0.1) is 19.8 Å². The molecule has 168 valence electrons. The topological polar surface area (TPSA) is 66.9 Å². The van der Waals surface area contributed by atoms with Crippen molar-refractivity contribution in [3.05, 3.63) is 52.5 Å². The summed E-state index contributed by atoms with van der Waals surface area (Å²) in [5.74, 6) is -0.0222. The molecule has 1 atom stereocenters. The van der Waals surface area contributed by atoms with E-state index in [-0.39, 0.29) is 22.4 Å². The molecule has 1 aliphatic rings. The van der Waals surface area contributed by atoms with Crippen LogP contribution in [0.25, 0.3) is 0 Å². The monoisotopic (exact) mass is 464 g/mol. The van der Waals surface area contributed by atoms with Gasteiger partial charge in [0.15, 0.2) is 0 Å². The second-order valence-corrected chi connectivity index (χ2v) is 10.2. The van der Waals surface area contributed by atoms with Crippen molar-refractivity contribution >= 4 is 33.2 Å². The first-order chi connectivity index (χ1) is 14.6. The largest absolute Gasteiger partial charge is 0.492 e. The Kier molecular flexibility index (Phi) is 7.29. The predicted molar refractivity (Wildman–Crippen MR) is 123 cm³/mol. The lowest BCUT2D eigenvalue weighted by Crippen LogP contribution is -2.46. The molecule has 1 fully saturated rings. The van der Waals surface area contributed by atoms with Crippen molar-refractivity contribution < 1.29 is 17.9 Å². The third-order valence-electron chi connectivity index (χ3n) is 5.78. The van der Waals surface area contributed by atoms with Gasteiger partial charge in [-0.1, -0.05) is 17.7 Å². The predicted octanol–water partition coefficient (Wildman–Crippen LogP) is 4.42. The number of hydrogen-bond acceptors (Lipinski definition) is 4. The number of ether oxygens (including phenoxy) is 1. The normalized spacial score (nSPS) is 17.4. The fraction of sp³-hybridized carbons (Fsp3) is 0.435. The molecule has 0 N–H and O–H groups in total. The number of carbonyl (C=O) groups excluding carboxylic acids is 1. The molecule has 0 aliphatic carbocycles. The van der Waals surface area contributed by atoms with Crippen molar-refractivity contribution in [2.75, 3.05) is 31.6 Å². The highest BCUT2D eigenvalue weighted by atomic mass is 35.5. The van der Waals surface area contributed by atoms with Crippen LogP contribution in [0.15, 0.2) is 41.3 Å². The fourth-order valence-electron chi connectivity index (χ4n) is 3.76. The minimum atomic E-state index is -3.76. The number of piperidine rings is 1. The van der Waals surface area contributed by atoms with Crippen molar-refractivity contribution in [3.8, 4) is 5.75 Å². The zero-order chi connectivity index (χ0) is 22.8. The maximum atomic E-state index is 13.2. The summed E-state index contributed by atoms with van der Waals surface area (Å²) in [5, 5.41) is 0.252. The van der Waals surface area contributed by atoms with Gasteiger partial charge >= 0.3 is 0 Å². The molecule has 0 aromatic heterocycles. The van der Waals surface area contributed by atoms with Gasteiger partial charge in [0.2, 0.25) is 15.9 Å². The van der Waals surface area contributed by atoms with Crippen molar-refractivity contribution in [3.63, 3.8) is 0 Å². The molecule has 31 heavy (non-hydrogen) atoms. The number of carbonyl (C=O) groups is 1. The van der Waals surface area contributed by atoms with Gasteiger partial charge in [-0.15, -0.1) is 0 Å². The first-order valence-corrected chi connectivity index (χ1v) is 12.2. The average molecular weight is 465 g/mol. The lowest BCUT2D eigenvalue weighted by atomic mass is 9.98. The van der Waals surface area contributed by atoms with E-state index in [2.05, 4.69) is 0 Å². The lowest BCUT2D eigenvalue weighted by molar-refractivity contribution is -0.123. The SMILES string of the molecule is CCOc1ccc(S(=O)(=O)N2CCCC(C(=O)N(C)c3ccc(C)c(C)c3)C2)cc1Cl. The Morgan fingerprint density at radius 1 is 1.19 bits per heavy atom. The summed E-state index contributed by atoms with van der Waals surface area (Å²) in [5.41, 5.74) is 3.08. The molecule has 1 heterocycles. The first-order valence-electron chi connectivity index (χ1n) is 10.4. The van der Waals surface area contributed by atoms with Crippen molar-refractivity contribution in [2.45, 2.75) is 38.5 Å². The summed E-state index contributed by atoms with van der Waals surface area (Å²) in [6.07, 6.45) is 1.28. The van der Waals surface area contributed by atoms with E-state index < -0.39 is 15.9 Å². The van der Waals surface area contributed by atoms with Crippen LogP contribution in [0.3, 0.4) is 0 Å². The summed E-state index contributed by atoms with van der Waals surface area (Å²) >= 11 is 6.20. The van der Waals surface area contributed by atoms with E-state index in [1.807, 2.05) is 39.0 Å². The first kappa shape index (κ1) is 23.6. The van der Waals surface area contributed by atoms with E-state index in [1.165, 1.54) is 16.4 Å². The number of anilines is 1. The molecule has 0 radical (unpaired) electrons. The molecule has 1 saturated heterocycles. The Labute approximate surface area is 189 Å². The summed E-state index contributed by atoms with van der Waals surface area (Å²) in [6.45, 7) is 6.84. The standard InChI is InChI=1S/C23H29ClN2O4S/c1-5-30-22-11-10-20(14-21(22)24)31(28,29)26-12-6-7-18(15-26)23(27)25(4)19-9-8-16(2)17(3)13-19/h8-11,13-14,18H,5-7,12,15H2,1-4H3.